The van der Waals surface area contributed by atoms with Crippen LogP contribution in [0, 0.1) is 11.3 Å². The van der Waals surface area contributed by atoms with Crippen molar-refractivity contribution in [3.8, 4) is 6.07 Å². The Morgan fingerprint density at radius 2 is 2.19 bits per heavy atom. The van der Waals surface area contributed by atoms with Gasteiger partial charge in [-0.3, -0.25) is 0 Å². The van der Waals surface area contributed by atoms with Crippen LogP contribution < -0.4 is 10.6 Å². The highest BCUT2D eigenvalue weighted by Crippen LogP contribution is 2.22. The SMILES string of the molecule is CC(C)NC(=O)Nc1cc(C#N)ccc1Cl. The number of carbonyl (C=O) groups is 1. The number of nitriles is 1. The molecule has 1 aromatic carbocycles. The Labute approximate surface area is 99.2 Å². The minimum absolute atomic E-state index is 0.0397. The zero-order valence-corrected chi connectivity index (χ0v) is 9.80. The van der Waals surface area contributed by atoms with E-state index < -0.39 is 0 Å². The van der Waals surface area contributed by atoms with Crippen LogP contribution in [-0.4, -0.2) is 12.1 Å². The molecular weight excluding hydrogens is 226 g/mol. The van der Waals surface area contributed by atoms with E-state index in [2.05, 4.69) is 10.6 Å². The fraction of sp³-hybridized carbons (Fsp3) is 0.273. The summed E-state index contributed by atoms with van der Waals surface area (Å²) in [7, 11) is 0. The lowest BCUT2D eigenvalue weighted by atomic mass is 10.2. The smallest absolute Gasteiger partial charge is 0.319 e. The molecular formula is C11H12ClN3O. The van der Waals surface area contributed by atoms with E-state index in [9.17, 15) is 4.79 Å². The maximum Gasteiger partial charge on any atom is 0.319 e. The summed E-state index contributed by atoms with van der Waals surface area (Å²) in [6.07, 6.45) is 0. The lowest BCUT2D eigenvalue weighted by Crippen LogP contribution is -2.34. The summed E-state index contributed by atoms with van der Waals surface area (Å²) in [4.78, 5) is 11.4. The average molecular weight is 238 g/mol. The van der Waals surface area contributed by atoms with Crippen molar-refractivity contribution in [2.45, 2.75) is 19.9 Å². The van der Waals surface area contributed by atoms with Gasteiger partial charge in [-0.05, 0) is 32.0 Å². The number of nitrogens with zero attached hydrogens (tertiary/aromatic N) is 1. The van der Waals surface area contributed by atoms with Crippen LogP contribution >= 0.6 is 11.6 Å². The van der Waals surface area contributed by atoms with Crippen LogP contribution in [0.4, 0.5) is 10.5 Å². The molecule has 2 N–H and O–H groups in total. The van der Waals surface area contributed by atoms with E-state index in [0.717, 1.165) is 0 Å². The number of carbonyl (C=O) groups excluding carboxylic acids is 1. The number of rotatable bonds is 2. The number of halogens is 1. The largest absolute Gasteiger partial charge is 0.336 e. The summed E-state index contributed by atoms with van der Waals surface area (Å²) < 4.78 is 0. The minimum Gasteiger partial charge on any atom is -0.336 e. The molecule has 0 aromatic heterocycles. The molecule has 0 aliphatic rings. The van der Waals surface area contributed by atoms with Crippen LogP contribution in [0.15, 0.2) is 18.2 Å². The van der Waals surface area contributed by atoms with Crippen molar-refractivity contribution in [1.82, 2.24) is 5.32 Å². The summed E-state index contributed by atoms with van der Waals surface area (Å²) in [5.41, 5.74) is 0.878. The Kier molecular flexibility index (Phi) is 4.15. The second kappa shape index (κ2) is 5.38. The summed E-state index contributed by atoms with van der Waals surface area (Å²) >= 11 is 5.88. The number of benzene rings is 1. The lowest BCUT2D eigenvalue weighted by Gasteiger charge is -2.11. The molecule has 4 nitrogen and oxygen atoms in total. The highest BCUT2D eigenvalue weighted by atomic mass is 35.5. The van der Waals surface area contributed by atoms with E-state index in [4.69, 9.17) is 16.9 Å². The zero-order valence-electron chi connectivity index (χ0n) is 9.04. The number of hydrogen-bond donors (Lipinski definition) is 2. The summed E-state index contributed by atoms with van der Waals surface area (Å²) in [5, 5.41) is 14.4. The normalized spacial score (nSPS) is 9.69. The predicted molar refractivity (Wildman–Crippen MR) is 63.5 cm³/mol. The minimum atomic E-state index is -0.341. The van der Waals surface area contributed by atoms with Crippen molar-refractivity contribution in [1.29, 1.82) is 5.26 Å². The molecule has 16 heavy (non-hydrogen) atoms. The average Bonchev–Trinajstić information content (AvgIpc) is 2.20. The van der Waals surface area contributed by atoms with Crippen LogP contribution in [0.3, 0.4) is 0 Å². The third kappa shape index (κ3) is 3.44. The molecule has 2 amide bonds. The van der Waals surface area contributed by atoms with Gasteiger partial charge in [0.05, 0.1) is 22.3 Å². The molecule has 0 fully saturated rings. The molecule has 0 radical (unpaired) electrons. The van der Waals surface area contributed by atoms with Crippen LogP contribution in [0.2, 0.25) is 5.02 Å². The molecule has 0 aliphatic heterocycles. The molecule has 0 aliphatic carbocycles. The first-order valence-electron chi connectivity index (χ1n) is 4.80. The Balaban J connectivity index is 2.81. The van der Waals surface area contributed by atoms with Gasteiger partial charge in [0, 0.05) is 6.04 Å². The van der Waals surface area contributed by atoms with Gasteiger partial charge < -0.3 is 10.6 Å². The van der Waals surface area contributed by atoms with Crippen LogP contribution in [-0.2, 0) is 0 Å². The molecule has 0 bridgehead atoms. The number of amides is 2. The molecule has 5 heteroatoms. The van der Waals surface area contributed by atoms with Crippen molar-refractivity contribution >= 4 is 23.3 Å². The zero-order chi connectivity index (χ0) is 12.1. The lowest BCUT2D eigenvalue weighted by molar-refractivity contribution is 0.250. The van der Waals surface area contributed by atoms with E-state index in [1.54, 1.807) is 12.1 Å². The molecule has 1 rings (SSSR count). The second-order valence-electron chi connectivity index (χ2n) is 3.56. The van der Waals surface area contributed by atoms with Gasteiger partial charge in [-0.2, -0.15) is 5.26 Å². The van der Waals surface area contributed by atoms with Crippen molar-refractivity contribution < 1.29 is 4.79 Å². The summed E-state index contributed by atoms with van der Waals surface area (Å²) in [6, 6.07) is 6.37. The van der Waals surface area contributed by atoms with E-state index in [1.165, 1.54) is 6.07 Å². The van der Waals surface area contributed by atoms with Gasteiger partial charge in [0.15, 0.2) is 0 Å². The van der Waals surface area contributed by atoms with E-state index >= 15 is 0 Å². The van der Waals surface area contributed by atoms with E-state index in [0.29, 0.717) is 16.3 Å². The Morgan fingerprint density at radius 3 is 2.75 bits per heavy atom. The standard InChI is InChI=1S/C11H12ClN3O/c1-7(2)14-11(16)15-10-5-8(6-13)3-4-9(10)12/h3-5,7H,1-2H3,(H2,14,15,16). The first kappa shape index (κ1) is 12.3. The summed E-state index contributed by atoms with van der Waals surface area (Å²) in [6.45, 7) is 3.71. The van der Waals surface area contributed by atoms with Gasteiger partial charge in [0.2, 0.25) is 0 Å². The first-order valence-corrected chi connectivity index (χ1v) is 5.18. The highest BCUT2D eigenvalue weighted by molar-refractivity contribution is 6.33. The Morgan fingerprint density at radius 1 is 1.50 bits per heavy atom. The van der Waals surface area contributed by atoms with Crippen LogP contribution in [0.25, 0.3) is 0 Å². The van der Waals surface area contributed by atoms with Crippen molar-refractivity contribution in [2.24, 2.45) is 0 Å². The number of hydrogen-bond acceptors (Lipinski definition) is 2. The molecule has 0 saturated carbocycles. The number of anilines is 1. The third-order valence-corrected chi connectivity index (χ3v) is 2.09. The summed E-state index contributed by atoms with van der Waals surface area (Å²) in [5.74, 6) is 0. The molecule has 0 unspecified atom stereocenters. The molecule has 84 valence electrons. The van der Waals surface area contributed by atoms with Gasteiger partial charge in [-0.25, -0.2) is 4.79 Å². The quantitative estimate of drug-likeness (QED) is 0.831. The van der Waals surface area contributed by atoms with Gasteiger partial charge >= 0.3 is 6.03 Å². The fourth-order valence-corrected chi connectivity index (χ4v) is 1.28. The second-order valence-corrected chi connectivity index (χ2v) is 3.97. The van der Waals surface area contributed by atoms with Gasteiger partial charge in [0.1, 0.15) is 0 Å². The van der Waals surface area contributed by atoms with Gasteiger partial charge in [0.25, 0.3) is 0 Å². The maximum atomic E-state index is 11.4. The Bertz CT molecular complexity index is 437. The topological polar surface area (TPSA) is 64.9 Å². The first-order chi connectivity index (χ1) is 7.52. The van der Waals surface area contributed by atoms with E-state index in [-0.39, 0.29) is 12.1 Å². The van der Waals surface area contributed by atoms with Crippen molar-refractivity contribution in [3.63, 3.8) is 0 Å². The van der Waals surface area contributed by atoms with Crippen LogP contribution in [0.5, 0.6) is 0 Å². The van der Waals surface area contributed by atoms with E-state index in [1.807, 2.05) is 19.9 Å². The van der Waals surface area contributed by atoms with Crippen molar-refractivity contribution in [2.75, 3.05) is 5.32 Å². The number of urea groups is 1. The van der Waals surface area contributed by atoms with Gasteiger partial charge in [-0.1, -0.05) is 11.6 Å². The number of nitrogens with one attached hydrogen (secondary N) is 2. The molecule has 0 heterocycles. The Hall–Kier alpha value is -1.73. The fourth-order valence-electron chi connectivity index (χ4n) is 1.11. The molecule has 1 aromatic rings. The molecule has 0 spiro atoms. The van der Waals surface area contributed by atoms with Crippen LogP contribution in [0.1, 0.15) is 19.4 Å². The molecule has 0 atom stereocenters. The maximum absolute atomic E-state index is 11.4. The third-order valence-electron chi connectivity index (χ3n) is 1.76. The predicted octanol–water partition coefficient (Wildman–Crippen LogP) is 2.74. The van der Waals surface area contributed by atoms with Crippen molar-refractivity contribution in [3.05, 3.63) is 28.8 Å². The molecule has 0 saturated heterocycles. The van der Waals surface area contributed by atoms with Gasteiger partial charge in [-0.15, -0.1) is 0 Å². The monoisotopic (exact) mass is 237 g/mol. The highest BCUT2D eigenvalue weighted by Gasteiger charge is 2.07.